The van der Waals surface area contributed by atoms with Crippen molar-refractivity contribution >= 4 is 17.5 Å². The van der Waals surface area contributed by atoms with E-state index in [4.69, 9.17) is 5.73 Å². The number of primary amides is 1. The first kappa shape index (κ1) is 18.1. The Morgan fingerprint density at radius 3 is 2.48 bits per heavy atom. The van der Waals surface area contributed by atoms with Gasteiger partial charge in [-0.15, -0.1) is 0 Å². The number of nitro groups is 1. The topological polar surface area (TPSA) is 115 Å². The zero-order valence-electron chi connectivity index (χ0n) is 14.0. The maximum absolute atomic E-state index is 12.3. The minimum Gasteiger partial charge on any atom is -0.368 e. The number of nitrogens with one attached hydrogen (secondary N) is 1. The number of hydrogen-bond donors (Lipinski definition) is 2. The van der Waals surface area contributed by atoms with Gasteiger partial charge in [0.2, 0.25) is 5.91 Å². The van der Waals surface area contributed by atoms with Crippen molar-refractivity contribution in [2.45, 2.75) is 26.3 Å². The van der Waals surface area contributed by atoms with Gasteiger partial charge in [0.15, 0.2) is 0 Å². The molecule has 130 valence electrons. The van der Waals surface area contributed by atoms with Crippen LogP contribution in [0.15, 0.2) is 42.5 Å². The van der Waals surface area contributed by atoms with Gasteiger partial charge in [-0.1, -0.05) is 24.3 Å². The highest BCUT2D eigenvalue weighted by atomic mass is 16.6. The summed E-state index contributed by atoms with van der Waals surface area (Å²) in [7, 11) is 0. The summed E-state index contributed by atoms with van der Waals surface area (Å²) in [6.07, 6.45) is 0.247. The second-order valence-electron chi connectivity index (χ2n) is 5.86. The molecule has 0 saturated heterocycles. The average molecular weight is 341 g/mol. The molecule has 0 bridgehead atoms. The summed E-state index contributed by atoms with van der Waals surface area (Å²) in [5.74, 6) is -1.26. The summed E-state index contributed by atoms with van der Waals surface area (Å²) < 4.78 is 0. The van der Waals surface area contributed by atoms with E-state index in [2.05, 4.69) is 5.32 Å². The number of rotatable bonds is 6. The van der Waals surface area contributed by atoms with Crippen LogP contribution in [0.2, 0.25) is 0 Å². The third-order valence-electron chi connectivity index (χ3n) is 3.98. The molecule has 0 spiro atoms. The van der Waals surface area contributed by atoms with Gasteiger partial charge < -0.3 is 11.1 Å². The number of carbonyl (C=O) groups is 2. The molecule has 0 aliphatic carbocycles. The first-order valence-corrected chi connectivity index (χ1v) is 7.68. The van der Waals surface area contributed by atoms with Crippen molar-refractivity contribution in [1.82, 2.24) is 5.32 Å². The number of amides is 2. The lowest BCUT2D eigenvalue weighted by Crippen LogP contribution is -2.45. The molecule has 2 aromatic rings. The molecule has 0 saturated carbocycles. The molecular formula is C18H19N3O4. The number of carbonyl (C=O) groups excluding carboxylic acids is 2. The normalized spacial score (nSPS) is 11.6. The van der Waals surface area contributed by atoms with E-state index >= 15 is 0 Å². The molecule has 0 radical (unpaired) electrons. The first-order valence-electron chi connectivity index (χ1n) is 7.68. The Morgan fingerprint density at radius 2 is 1.88 bits per heavy atom. The molecule has 2 amide bonds. The van der Waals surface area contributed by atoms with E-state index in [9.17, 15) is 19.7 Å². The molecule has 0 aliphatic heterocycles. The number of non-ortho nitro benzene ring substituents is 1. The van der Waals surface area contributed by atoms with Crippen molar-refractivity contribution in [3.05, 3.63) is 74.8 Å². The van der Waals surface area contributed by atoms with E-state index in [1.165, 1.54) is 18.2 Å². The lowest BCUT2D eigenvalue weighted by atomic mass is 10.0. The van der Waals surface area contributed by atoms with Crippen LogP contribution in [0.25, 0.3) is 0 Å². The van der Waals surface area contributed by atoms with Crippen LogP contribution < -0.4 is 11.1 Å². The standard InChI is InChI=1S/C18H19N3O4/c1-11-6-7-13(8-12(11)2)9-16(17(19)22)20-18(23)14-4-3-5-15(10-14)21(24)25/h3-8,10,16H,9H2,1-2H3,(H2,19,22)(H,20,23)/t16-/m1/s1. The summed E-state index contributed by atoms with van der Waals surface area (Å²) in [6.45, 7) is 3.94. The molecule has 7 nitrogen and oxygen atoms in total. The van der Waals surface area contributed by atoms with Gasteiger partial charge in [0.1, 0.15) is 6.04 Å². The van der Waals surface area contributed by atoms with Crippen molar-refractivity contribution < 1.29 is 14.5 Å². The molecule has 25 heavy (non-hydrogen) atoms. The maximum Gasteiger partial charge on any atom is 0.270 e. The molecule has 0 heterocycles. The van der Waals surface area contributed by atoms with Gasteiger partial charge in [-0.05, 0) is 36.6 Å². The van der Waals surface area contributed by atoms with Crippen LogP contribution in [0.1, 0.15) is 27.0 Å². The monoisotopic (exact) mass is 341 g/mol. The minimum absolute atomic E-state index is 0.0977. The van der Waals surface area contributed by atoms with Gasteiger partial charge in [0, 0.05) is 24.1 Å². The molecule has 7 heteroatoms. The largest absolute Gasteiger partial charge is 0.368 e. The molecular weight excluding hydrogens is 322 g/mol. The van der Waals surface area contributed by atoms with Crippen LogP contribution in [0.5, 0.6) is 0 Å². The number of nitrogens with two attached hydrogens (primary N) is 1. The summed E-state index contributed by atoms with van der Waals surface area (Å²) >= 11 is 0. The molecule has 0 fully saturated rings. The highest BCUT2D eigenvalue weighted by Crippen LogP contribution is 2.14. The van der Waals surface area contributed by atoms with Crippen LogP contribution in [0.4, 0.5) is 5.69 Å². The highest BCUT2D eigenvalue weighted by Gasteiger charge is 2.20. The number of nitro benzene ring substituents is 1. The summed E-state index contributed by atoms with van der Waals surface area (Å²) in [6, 6.07) is 10.1. The predicted molar refractivity (Wildman–Crippen MR) is 93.2 cm³/mol. The van der Waals surface area contributed by atoms with Gasteiger partial charge in [0.25, 0.3) is 11.6 Å². The van der Waals surface area contributed by atoms with E-state index in [1.54, 1.807) is 0 Å². The Hall–Kier alpha value is -3.22. The predicted octanol–water partition coefficient (Wildman–Crippen LogP) is 2.04. The van der Waals surface area contributed by atoms with Gasteiger partial charge in [0.05, 0.1) is 4.92 Å². The number of aryl methyl sites for hydroxylation is 2. The van der Waals surface area contributed by atoms with Crippen LogP contribution in [-0.2, 0) is 11.2 Å². The van der Waals surface area contributed by atoms with Crippen molar-refractivity contribution in [2.24, 2.45) is 5.73 Å². The molecule has 2 rings (SSSR count). The summed E-state index contributed by atoms with van der Waals surface area (Å²) in [4.78, 5) is 34.2. The van der Waals surface area contributed by atoms with Gasteiger partial charge in [-0.3, -0.25) is 19.7 Å². The fraction of sp³-hybridized carbons (Fsp3) is 0.222. The maximum atomic E-state index is 12.3. The number of benzene rings is 2. The lowest BCUT2D eigenvalue weighted by molar-refractivity contribution is -0.384. The van der Waals surface area contributed by atoms with E-state index in [0.29, 0.717) is 0 Å². The quantitative estimate of drug-likeness (QED) is 0.618. The highest BCUT2D eigenvalue weighted by molar-refractivity contribution is 5.97. The van der Waals surface area contributed by atoms with E-state index in [0.717, 1.165) is 22.8 Å². The smallest absolute Gasteiger partial charge is 0.270 e. The molecule has 3 N–H and O–H groups in total. The molecule has 1 atom stereocenters. The third-order valence-corrected chi connectivity index (χ3v) is 3.98. The minimum atomic E-state index is -0.908. The fourth-order valence-electron chi connectivity index (χ4n) is 2.39. The Morgan fingerprint density at radius 1 is 1.16 bits per heavy atom. The Kier molecular flexibility index (Phi) is 5.49. The molecule has 2 aromatic carbocycles. The number of nitrogens with zero attached hydrogens (tertiary/aromatic N) is 1. The number of hydrogen-bond acceptors (Lipinski definition) is 4. The van der Waals surface area contributed by atoms with Crippen molar-refractivity contribution in [2.75, 3.05) is 0 Å². The van der Waals surface area contributed by atoms with Crippen molar-refractivity contribution in [3.63, 3.8) is 0 Å². The summed E-state index contributed by atoms with van der Waals surface area (Å²) in [5.41, 5.74) is 8.36. The fourth-order valence-corrected chi connectivity index (χ4v) is 2.39. The SMILES string of the molecule is Cc1ccc(C[C@@H](NC(=O)c2cccc([N+](=O)[O-])c2)C(N)=O)cc1C. The van der Waals surface area contributed by atoms with E-state index in [1.807, 2.05) is 32.0 Å². The van der Waals surface area contributed by atoms with Crippen molar-refractivity contribution in [3.8, 4) is 0 Å². The zero-order valence-corrected chi connectivity index (χ0v) is 14.0. The third kappa shape index (κ3) is 4.63. The Bertz CT molecular complexity index is 833. The van der Waals surface area contributed by atoms with Crippen molar-refractivity contribution in [1.29, 1.82) is 0 Å². The van der Waals surface area contributed by atoms with E-state index in [-0.39, 0.29) is 17.7 Å². The molecule has 0 unspecified atom stereocenters. The van der Waals surface area contributed by atoms with Gasteiger partial charge >= 0.3 is 0 Å². The molecule has 0 aromatic heterocycles. The van der Waals surface area contributed by atoms with Crippen LogP contribution >= 0.6 is 0 Å². The Labute approximate surface area is 145 Å². The van der Waals surface area contributed by atoms with Crippen LogP contribution in [0, 0.1) is 24.0 Å². The van der Waals surface area contributed by atoms with Crippen LogP contribution in [0.3, 0.4) is 0 Å². The Balaban J connectivity index is 2.17. The van der Waals surface area contributed by atoms with E-state index < -0.39 is 22.8 Å². The zero-order chi connectivity index (χ0) is 18.6. The van der Waals surface area contributed by atoms with Gasteiger partial charge in [-0.25, -0.2) is 0 Å². The lowest BCUT2D eigenvalue weighted by Gasteiger charge is -2.16. The summed E-state index contributed by atoms with van der Waals surface area (Å²) in [5, 5.41) is 13.4. The average Bonchev–Trinajstić information content (AvgIpc) is 2.57. The molecule has 0 aliphatic rings. The first-order chi connectivity index (χ1) is 11.8. The second kappa shape index (κ2) is 7.57. The second-order valence-corrected chi connectivity index (χ2v) is 5.86. The van der Waals surface area contributed by atoms with Crippen LogP contribution in [-0.4, -0.2) is 22.8 Å². The van der Waals surface area contributed by atoms with Gasteiger partial charge in [-0.2, -0.15) is 0 Å².